The number of ether oxygens (including phenoxy) is 2. The third kappa shape index (κ3) is 5.75. The quantitative estimate of drug-likeness (QED) is 0.437. The number of para-hydroxylation sites is 2. The number of fused-ring (bicyclic) bond motifs is 1. The van der Waals surface area contributed by atoms with Crippen LogP contribution < -0.4 is 4.74 Å². The largest absolute Gasteiger partial charge is 0.497 e. The number of aromatic nitrogens is 2. The number of piperazine rings is 1. The Morgan fingerprint density at radius 1 is 0.938 bits per heavy atom. The van der Waals surface area contributed by atoms with E-state index in [1.54, 1.807) is 13.4 Å². The first-order valence-corrected chi connectivity index (χ1v) is 12.6. The maximum Gasteiger partial charge on any atom is 0.199 e. The lowest BCUT2D eigenvalue weighted by Gasteiger charge is -2.34. The molecule has 3 aromatic rings. The summed E-state index contributed by atoms with van der Waals surface area (Å²) in [6.45, 7) is 8.12. The molecule has 2 heterocycles. The highest BCUT2D eigenvalue weighted by Gasteiger charge is 2.17. The molecule has 1 aliphatic heterocycles. The maximum absolute atomic E-state index is 12.1. The summed E-state index contributed by atoms with van der Waals surface area (Å²) in [6.07, 6.45) is 1.67. The van der Waals surface area contributed by atoms with Crippen LogP contribution >= 0.6 is 0 Å². The van der Waals surface area contributed by atoms with Gasteiger partial charge < -0.3 is 14.0 Å². The van der Waals surface area contributed by atoms with E-state index >= 15 is 0 Å². The van der Waals surface area contributed by atoms with Crippen molar-refractivity contribution in [1.82, 2.24) is 19.4 Å². The van der Waals surface area contributed by atoms with Crippen molar-refractivity contribution < 1.29 is 13.7 Å². The first-order valence-electron chi connectivity index (χ1n) is 11.1. The summed E-state index contributed by atoms with van der Waals surface area (Å²) >= 11 is 0. The van der Waals surface area contributed by atoms with E-state index in [0.717, 1.165) is 56.1 Å². The van der Waals surface area contributed by atoms with Crippen molar-refractivity contribution in [3.8, 4) is 5.75 Å². The number of rotatable bonds is 10. The Balaban J connectivity index is 1.17. The molecule has 0 bridgehead atoms. The third-order valence-electron chi connectivity index (χ3n) is 5.92. The van der Waals surface area contributed by atoms with Crippen LogP contribution in [0.5, 0.6) is 5.75 Å². The zero-order valence-corrected chi connectivity index (χ0v) is 19.7. The summed E-state index contributed by atoms with van der Waals surface area (Å²) in [5, 5.41) is 0.614. The molecule has 1 saturated heterocycles. The van der Waals surface area contributed by atoms with Crippen molar-refractivity contribution >= 4 is 21.8 Å². The highest BCUT2D eigenvalue weighted by atomic mass is 32.2. The lowest BCUT2D eigenvalue weighted by atomic mass is 10.2. The first-order chi connectivity index (χ1) is 15.6. The van der Waals surface area contributed by atoms with E-state index < -0.39 is 10.8 Å². The second kappa shape index (κ2) is 11.0. The van der Waals surface area contributed by atoms with Gasteiger partial charge in [0.1, 0.15) is 5.75 Å². The third-order valence-corrected chi connectivity index (χ3v) is 6.74. The van der Waals surface area contributed by atoms with Crippen LogP contribution in [0.4, 0.5) is 0 Å². The van der Waals surface area contributed by atoms with Crippen LogP contribution in [0.25, 0.3) is 11.0 Å². The van der Waals surface area contributed by atoms with Crippen molar-refractivity contribution in [1.29, 1.82) is 0 Å². The number of nitrogens with zero attached hydrogens (tertiary/aromatic N) is 4. The van der Waals surface area contributed by atoms with E-state index in [4.69, 9.17) is 9.47 Å². The molecule has 1 aliphatic rings. The van der Waals surface area contributed by atoms with Gasteiger partial charge in [0.15, 0.2) is 5.16 Å². The topological polar surface area (TPSA) is 59.8 Å². The smallest absolute Gasteiger partial charge is 0.199 e. The SMILES string of the molecule is COc1ccc(CN2CCN(CCOCCn3c(S(C)=O)nc4ccccc43)CC2)cc1. The molecule has 7 nitrogen and oxygen atoms in total. The molecule has 8 heteroatoms. The van der Waals surface area contributed by atoms with Crippen molar-refractivity contribution in [3.05, 3.63) is 54.1 Å². The minimum absolute atomic E-state index is 0.585. The summed E-state index contributed by atoms with van der Waals surface area (Å²) in [5.74, 6) is 0.902. The number of methoxy groups -OCH3 is 1. The van der Waals surface area contributed by atoms with Crippen LogP contribution in [-0.4, -0.2) is 82.9 Å². The Kier molecular flexibility index (Phi) is 7.91. The summed E-state index contributed by atoms with van der Waals surface area (Å²) < 4.78 is 25.2. The standard InChI is InChI=1S/C24H32N4O3S/c1-30-21-9-7-20(8-10-21)19-27-13-11-26(12-14-27)15-17-31-18-16-28-23-6-4-3-5-22(23)25-24(28)32(2)29/h3-10H,11-19H2,1-2H3. The molecule has 0 saturated carbocycles. The fourth-order valence-corrected chi connectivity index (χ4v) is 4.83. The van der Waals surface area contributed by atoms with Crippen LogP contribution in [0.1, 0.15) is 5.56 Å². The normalized spacial score (nSPS) is 16.4. The van der Waals surface area contributed by atoms with E-state index in [2.05, 4.69) is 26.9 Å². The number of benzene rings is 2. The van der Waals surface area contributed by atoms with Gasteiger partial charge in [-0.2, -0.15) is 0 Å². The molecule has 0 N–H and O–H groups in total. The van der Waals surface area contributed by atoms with Gasteiger partial charge in [0.2, 0.25) is 0 Å². The van der Waals surface area contributed by atoms with Crippen LogP contribution in [0, 0.1) is 0 Å². The summed E-state index contributed by atoms with van der Waals surface area (Å²) in [4.78, 5) is 9.48. The molecule has 0 aliphatic carbocycles. The molecule has 32 heavy (non-hydrogen) atoms. The van der Waals surface area contributed by atoms with E-state index in [1.165, 1.54) is 5.56 Å². The first kappa shape index (κ1) is 22.9. The number of hydrogen-bond donors (Lipinski definition) is 0. The van der Waals surface area contributed by atoms with Gasteiger partial charge in [-0.25, -0.2) is 4.98 Å². The lowest BCUT2D eigenvalue weighted by molar-refractivity contribution is 0.0701. The summed E-state index contributed by atoms with van der Waals surface area (Å²) in [6, 6.07) is 16.2. The van der Waals surface area contributed by atoms with Crippen LogP contribution in [0.3, 0.4) is 0 Å². The van der Waals surface area contributed by atoms with Crippen molar-refractivity contribution in [2.45, 2.75) is 18.2 Å². The zero-order chi connectivity index (χ0) is 22.3. The lowest BCUT2D eigenvalue weighted by Crippen LogP contribution is -2.46. The Morgan fingerprint density at radius 2 is 1.62 bits per heavy atom. The monoisotopic (exact) mass is 456 g/mol. The molecule has 0 radical (unpaired) electrons. The highest BCUT2D eigenvalue weighted by molar-refractivity contribution is 7.84. The predicted octanol–water partition coefficient (Wildman–Crippen LogP) is 2.62. The Hall–Kier alpha value is -2.26. The minimum Gasteiger partial charge on any atom is -0.497 e. The molecule has 1 atom stereocenters. The van der Waals surface area contributed by atoms with Gasteiger partial charge in [-0.05, 0) is 29.8 Å². The second-order valence-corrected chi connectivity index (χ2v) is 9.34. The van der Waals surface area contributed by atoms with E-state index in [0.29, 0.717) is 24.9 Å². The van der Waals surface area contributed by atoms with Gasteiger partial charge in [-0.3, -0.25) is 14.0 Å². The molecular weight excluding hydrogens is 424 g/mol. The van der Waals surface area contributed by atoms with E-state index in [9.17, 15) is 4.21 Å². The van der Waals surface area contributed by atoms with Crippen LogP contribution in [-0.2, 0) is 28.6 Å². The van der Waals surface area contributed by atoms with Crippen LogP contribution in [0.2, 0.25) is 0 Å². The zero-order valence-electron chi connectivity index (χ0n) is 18.9. The molecular formula is C24H32N4O3S. The predicted molar refractivity (Wildman–Crippen MR) is 128 cm³/mol. The van der Waals surface area contributed by atoms with Gasteiger partial charge in [-0.1, -0.05) is 24.3 Å². The minimum atomic E-state index is -1.13. The fraction of sp³-hybridized carbons (Fsp3) is 0.458. The van der Waals surface area contributed by atoms with Gasteiger partial charge in [0, 0.05) is 52.1 Å². The average molecular weight is 457 g/mol. The van der Waals surface area contributed by atoms with Crippen molar-refractivity contribution in [3.63, 3.8) is 0 Å². The molecule has 172 valence electrons. The maximum atomic E-state index is 12.1. The summed E-state index contributed by atoms with van der Waals surface area (Å²) in [7, 11) is 0.569. The number of imidazole rings is 1. The van der Waals surface area contributed by atoms with Crippen LogP contribution in [0.15, 0.2) is 53.7 Å². The summed E-state index contributed by atoms with van der Waals surface area (Å²) in [5.41, 5.74) is 3.21. The molecule has 2 aromatic carbocycles. The van der Waals surface area contributed by atoms with Gasteiger partial charge in [-0.15, -0.1) is 0 Å². The Morgan fingerprint density at radius 3 is 2.34 bits per heavy atom. The molecule has 1 aromatic heterocycles. The van der Waals surface area contributed by atoms with Gasteiger partial charge >= 0.3 is 0 Å². The molecule has 0 spiro atoms. The Bertz CT molecular complexity index is 1030. The second-order valence-electron chi connectivity index (χ2n) is 8.07. The molecule has 0 amide bonds. The molecule has 1 fully saturated rings. The van der Waals surface area contributed by atoms with E-state index in [1.807, 2.05) is 41.0 Å². The average Bonchev–Trinajstić information content (AvgIpc) is 3.19. The van der Waals surface area contributed by atoms with Gasteiger partial charge in [0.05, 0.1) is 42.2 Å². The fourth-order valence-electron chi connectivity index (χ4n) is 4.10. The molecule has 1 unspecified atom stereocenters. The van der Waals surface area contributed by atoms with Crippen molar-refractivity contribution in [2.75, 3.05) is 59.3 Å². The van der Waals surface area contributed by atoms with E-state index in [-0.39, 0.29) is 0 Å². The molecule has 4 rings (SSSR count). The van der Waals surface area contributed by atoms with Gasteiger partial charge in [0.25, 0.3) is 0 Å². The van der Waals surface area contributed by atoms with Crippen molar-refractivity contribution in [2.24, 2.45) is 0 Å². The highest BCUT2D eigenvalue weighted by Crippen LogP contribution is 2.18. The number of hydrogen-bond acceptors (Lipinski definition) is 6. The Labute approximate surface area is 192 Å².